The number of aliphatic hydroxyl groups is 1. The minimum Gasteiger partial charge on any atom is -0.396 e. The van der Waals surface area contributed by atoms with Crippen LogP contribution in [0.1, 0.15) is 31.9 Å². The summed E-state index contributed by atoms with van der Waals surface area (Å²) in [5.41, 5.74) is 8.08. The van der Waals surface area contributed by atoms with Crippen LogP contribution in [0.15, 0.2) is 43.0 Å². The van der Waals surface area contributed by atoms with E-state index < -0.39 is 30.4 Å². The number of rotatable bonds is 7. The fourth-order valence-electron chi connectivity index (χ4n) is 4.48. The van der Waals surface area contributed by atoms with E-state index in [0.717, 1.165) is 5.56 Å². The Morgan fingerprint density at radius 2 is 2.00 bits per heavy atom. The highest BCUT2D eigenvalue weighted by Crippen LogP contribution is 2.43. The van der Waals surface area contributed by atoms with Gasteiger partial charge >= 0.3 is 0 Å². The first-order valence-corrected chi connectivity index (χ1v) is 10.7. The van der Waals surface area contributed by atoms with Crippen LogP contribution in [0.4, 0.5) is 5.82 Å². The van der Waals surface area contributed by atoms with Crippen LogP contribution in [-0.2, 0) is 25.6 Å². The molecule has 4 heterocycles. The third kappa shape index (κ3) is 3.84. The zero-order chi connectivity index (χ0) is 22.3. The molecule has 32 heavy (non-hydrogen) atoms. The van der Waals surface area contributed by atoms with Crippen molar-refractivity contribution in [2.75, 3.05) is 12.3 Å². The molecule has 3 aromatic rings. The SMILES string of the molecule is CC1(C)O[C@H]2O[C@H]([C@H](CCO)n3cnc4c(N)ncnc43)[C@@H](OCc3ccccc3)[C@H]2O1. The van der Waals surface area contributed by atoms with E-state index in [1.54, 1.807) is 6.33 Å². The molecule has 0 bridgehead atoms. The highest BCUT2D eigenvalue weighted by atomic mass is 16.8. The lowest BCUT2D eigenvalue weighted by atomic mass is 10.0. The molecule has 170 valence electrons. The number of nitrogens with two attached hydrogens (primary N) is 1. The van der Waals surface area contributed by atoms with Gasteiger partial charge in [-0.05, 0) is 25.8 Å². The Balaban J connectivity index is 1.48. The van der Waals surface area contributed by atoms with E-state index in [-0.39, 0.29) is 12.6 Å². The number of aliphatic hydroxyl groups excluding tert-OH is 1. The third-order valence-electron chi connectivity index (χ3n) is 5.86. The zero-order valence-corrected chi connectivity index (χ0v) is 18.0. The monoisotopic (exact) mass is 441 g/mol. The Hall–Kier alpha value is -2.63. The number of anilines is 1. The van der Waals surface area contributed by atoms with Crippen molar-refractivity contribution in [3.8, 4) is 0 Å². The van der Waals surface area contributed by atoms with Crippen LogP contribution in [0.3, 0.4) is 0 Å². The maximum atomic E-state index is 9.85. The molecule has 2 aromatic heterocycles. The molecule has 2 aliphatic heterocycles. The molecule has 2 aliphatic rings. The van der Waals surface area contributed by atoms with Crippen molar-refractivity contribution in [3.63, 3.8) is 0 Å². The lowest BCUT2D eigenvalue weighted by Gasteiger charge is -2.31. The number of nitrogens with zero attached hydrogens (tertiary/aromatic N) is 4. The molecule has 10 heteroatoms. The van der Waals surface area contributed by atoms with Crippen LogP contribution in [-0.4, -0.2) is 61.6 Å². The third-order valence-corrected chi connectivity index (χ3v) is 5.86. The molecule has 0 aliphatic carbocycles. The number of fused-ring (bicyclic) bond motifs is 2. The summed E-state index contributed by atoms with van der Waals surface area (Å²) in [7, 11) is 0. The van der Waals surface area contributed by atoms with Gasteiger partial charge in [-0.25, -0.2) is 15.0 Å². The van der Waals surface area contributed by atoms with E-state index >= 15 is 0 Å². The van der Waals surface area contributed by atoms with Crippen molar-refractivity contribution in [2.24, 2.45) is 0 Å². The van der Waals surface area contributed by atoms with Crippen molar-refractivity contribution in [1.29, 1.82) is 0 Å². The summed E-state index contributed by atoms with van der Waals surface area (Å²) in [6.07, 6.45) is 1.55. The lowest BCUT2D eigenvalue weighted by molar-refractivity contribution is -0.224. The summed E-state index contributed by atoms with van der Waals surface area (Å²) in [6, 6.07) is 9.59. The van der Waals surface area contributed by atoms with Crippen LogP contribution in [0.5, 0.6) is 0 Å². The molecule has 0 amide bonds. The van der Waals surface area contributed by atoms with E-state index in [9.17, 15) is 5.11 Å². The van der Waals surface area contributed by atoms with Crippen molar-refractivity contribution >= 4 is 17.0 Å². The number of hydrogen-bond acceptors (Lipinski definition) is 9. The lowest BCUT2D eigenvalue weighted by Crippen LogP contribution is -2.41. The molecule has 2 saturated heterocycles. The Morgan fingerprint density at radius 1 is 1.19 bits per heavy atom. The van der Waals surface area contributed by atoms with Gasteiger partial charge in [0.2, 0.25) is 0 Å². The minimum absolute atomic E-state index is 0.0568. The summed E-state index contributed by atoms with van der Waals surface area (Å²) in [4.78, 5) is 12.7. The molecule has 5 atom stereocenters. The van der Waals surface area contributed by atoms with Gasteiger partial charge in [0.25, 0.3) is 0 Å². The average Bonchev–Trinajstić information content (AvgIpc) is 3.42. The number of ether oxygens (including phenoxy) is 4. The van der Waals surface area contributed by atoms with E-state index in [1.807, 2.05) is 48.7 Å². The number of hydrogen-bond donors (Lipinski definition) is 2. The van der Waals surface area contributed by atoms with Gasteiger partial charge in [0.05, 0.1) is 19.0 Å². The number of aromatic nitrogens is 4. The second-order valence-electron chi connectivity index (χ2n) is 8.49. The normalized spacial score (nSPS) is 27.6. The van der Waals surface area contributed by atoms with Gasteiger partial charge in [0.1, 0.15) is 30.2 Å². The Morgan fingerprint density at radius 3 is 2.78 bits per heavy atom. The quantitative estimate of drug-likeness (QED) is 0.564. The van der Waals surface area contributed by atoms with Crippen LogP contribution >= 0.6 is 0 Å². The van der Waals surface area contributed by atoms with Gasteiger partial charge < -0.3 is 34.4 Å². The molecule has 0 unspecified atom stereocenters. The second-order valence-corrected chi connectivity index (χ2v) is 8.49. The first-order valence-electron chi connectivity index (χ1n) is 10.7. The molecule has 0 radical (unpaired) electrons. The van der Waals surface area contributed by atoms with E-state index in [0.29, 0.717) is 30.0 Å². The fourth-order valence-corrected chi connectivity index (χ4v) is 4.48. The molecular weight excluding hydrogens is 414 g/mol. The summed E-state index contributed by atoms with van der Waals surface area (Å²) < 4.78 is 26.7. The molecule has 5 rings (SSSR count). The molecule has 0 saturated carbocycles. The predicted molar refractivity (Wildman–Crippen MR) is 114 cm³/mol. The van der Waals surface area contributed by atoms with Gasteiger partial charge in [-0.2, -0.15) is 0 Å². The summed E-state index contributed by atoms with van der Waals surface area (Å²) in [5, 5.41) is 9.85. The Bertz CT molecular complexity index is 1080. The highest BCUT2D eigenvalue weighted by Gasteiger charge is 2.57. The average molecular weight is 441 g/mol. The van der Waals surface area contributed by atoms with Crippen molar-refractivity contribution in [2.45, 2.75) is 63.3 Å². The van der Waals surface area contributed by atoms with Gasteiger partial charge in [-0.3, -0.25) is 0 Å². The summed E-state index contributed by atoms with van der Waals surface area (Å²) >= 11 is 0. The maximum absolute atomic E-state index is 9.85. The van der Waals surface area contributed by atoms with Crippen LogP contribution in [0.25, 0.3) is 11.2 Å². The van der Waals surface area contributed by atoms with Gasteiger partial charge in [-0.1, -0.05) is 30.3 Å². The molecule has 1 aromatic carbocycles. The van der Waals surface area contributed by atoms with Crippen LogP contribution in [0.2, 0.25) is 0 Å². The summed E-state index contributed by atoms with van der Waals surface area (Å²) in [6.45, 7) is 4.04. The molecule has 0 spiro atoms. The number of benzene rings is 1. The molecule has 10 nitrogen and oxygen atoms in total. The Labute approximate surface area is 185 Å². The van der Waals surface area contributed by atoms with Crippen LogP contribution in [0, 0.1) is 0 Å². The van der Waals surface area contributed by atoms with Gasteiger partial charge in [-0.15, -0.1) is 0 Å². The highest BCUT2D eigenvalue weighted by molar-refractivity contribution is 5.81. The maximum Gasteiger partial charge on any atom is 0.190 e. The number of nitrogen functional groups attached to an aromatic ring is 1. The Kier molecular flexibility index (Phi) is 5.56. The predicted octanol–water partition coefficient (Wildman–Crippen LogP) is 1.79. The van der Waals surface area contributed by atoms with Crippen molar-refractivity contribution in [1.82, 2.24) is 19.5 Å². The first-order chi connectivity index (χ1) is 15.5. The minimum atomic E-state index is -0.773. The standard InChI is InChI=1S/C22H27N5O5/c1-22(2)31-18-17(29-10-13-6-4-3-5-7-13)16(30-21(18)32-22)14(8-9-28)27-12-26-15-19(23)24-11-25-20(15)27/h3-7,11-12,14,16-18,21,28H,8-10H2,1-2H3,(H2,23,24,25)/t14-,16+,17+,18+,21+/m0/s1. The number of imidazole rings is 1. The van der Waals surface area contributed by atoms with Crippen molar-refractivity contribution in [3.05, 3.63) is 48.5 Å². The summed E-state index contributed by atoms with van der Waals surface area (Å²) in [5.74, 6) is -0.476. The molecule has 2 fully saturated rings. The second kappa shape index (κ2) is 8.38. The zero-order valence-electron chi connectivity index (χ0n) is 18.0. The van der Waals surface area contributed by atoms with E-state index in [1.165, 1.54) is 6.33 Å². The topological polar surface area (TPSA) is 127 Å². The van der Waals surface area contributed by atoms with Gasteiger partial charge in [0.15, 0.2) is 23.5 Å². The molecular formula is C22H27N5O5. The molecule has 3 N–H and O–H groups in total. The smallest absolute Gasteiger partial charge is 0.190 e. The first kappa shape index (κ1) is 21.2. The van der Waals surface area contributed by atoms with E-state index in [2.05, 4.69) is 15.0 Å². The van der Waals surface area contributed by atoms with Crippen molar-refractivity contribution < 1.29 is 24.1 Å². The largest absolute Gasteiger partial charge is 0.396 e. The fraction of sp³-hybridized carbons (Fsp3) is 0.500. The van der Waals surface area contributed by atoms with Crippen LogP contribution < -0.4 is 5.73 Å². The van der Waals surface area contributed by atoms with Gasteiger partial charge in [0, 0.05) is 6.61 Å². The van der Waals surface area contributed by atoms with E-state index in [4.69, 9.17) is 24.7 Å².